The van der Waals surface area contributed by atoms with Crippen LogP contribution in [0.1, 0.15) is 103 Å². The molecule has 0 N–H and O–H groups in total. The smallest absolute Gasteiger partial charge is 0.135 e. The van der Waals surface area contributed by atoms with Gasteiger partial charge in [-0.2, -0.15) is 12.1 Å². The molecule has 0 spiro atoms. The third-order valence-electron chi connectivity index (χ3n) is 15.1. The third kappa shape index (κ3) is 9.37. The molecule has 5 nitrogen and oxygen atoms in total. The van der Waals surface area contributed by atoms with E-state index in [1.165, 1.54) is 38.9 Å². The van der Waals surface area contributed by atoms with Crippen molar-refractivity contribution in [2.45, 2.75) is 90.9 Å². The Bertz CT molecular complexity index is 3660. The van der Waals surface area contributed by atoms with E-state index in [-0.39, 0.29) is 42.7 Å². The van der Waals surface area contributed by atoms with Crippen molar-refractivity contribution in [1.29, 1.82) is 0 Å². The molecule has 0 aliphatic carbocycles. The van der Waals surface area contributed by atoms with Gasteiger partial charge in [0.15, 0.2) is 0 Å². The van der Waals surface area contributed by atoms with Crippen LogP contribution in [0.4, 0.5) is 22.7 Å². The van der Waals surface area contributed by atoms with Crippen molar-refractivity contribution in [3.63, 3.8) is 0 Å². The summed E-state index contributed by atoms with van der Waals surface area (Å²) in [6.07, 6.45) is 1.92. The zero-order valence-electron chi connectivity index (χ0n) is 44.1. The van der Waals surface area contributed by atoms with Crippen molar-refractivity contribution in [2.75, 3.05) is 9.80 Å². The minimum absolute atomic E-state index is 0. The van der Waals surface area contributed by atoms with Crippen LogP contribution in [0.2, 0.25) is 0 Å². The number of benzene rings is 8. The number of rotatable bonds is 10. The number of hydrogen-bond acceptors (Lipinski definition) is 4. The molecule has 374 valence electrons. The van der Waals surface area contributed by atoms with E-state index in [1.54, 1.807) is 0 Å². The predicted molar refractivity (Wildman–Crippen MR) is 304 cm³/mol. The van der Waals surface area contributed by atoms with Gasteiger partial charge in [-0.15, -0.1) is 48.1 Å². The molecule has 3 heterocycles. The van der Waals surface area contributed by atoms with Gasteiger partial charge >= 0.3 is 0 Å². The second kappa shape index (κ2) is 19.3. The third-order valence-corrected chi connectivity index (χ3v) is 15.1. The average Bonchev–Trinajstić information content (AvgIpc) is 3.94. The molecule has 74 heavy (non-hydrogen) atoms. The Hall–Kier alpha value is -7.20. The van der Waals surface area contributed by atoms with Gasteiger partial charge in [0, 0.05) is 72.2 Å². The van der Waals surface area contributed by atoms with Crippen LogP contribution < -0.4 is 14.5 Å². The van der Waals surface area contributed by atoms with Crippen LogP contribution in [0.3, 0.4) is 0 Å². The van der Waals surface area contributed by atoms with E-state index < -0.39 is 0 Å². The molecule has 11 rings (SSSR count). The zero-order valence-corrected chi connectivity index (χ0v) is 46.3. The van der Waals surface area contributed by atoms with Crippen LogP contribution in [0.15, 0.2) is 194 Å². The SMILES string of the molecule is CC(C)(C)c1cc(N2[CH-]N(c3[c-]c(Oc4[c-]c5c(cc4)c4cc(-c6ccccc6)ccc4n5-c4cc(C(C)(C)C)ccn4)ccc3)c3cc(C(C)(C)c4ccccc4)ccc32)cc(C(C)(C)c2ccccc2)c1.[Pt]. The molecule has 0 saturated heterocycles. The molecule has 0 fully saturated rings. The molecule has 6 heteroatoms. The van der Waals surface area contributed by atoms with Gasteiger partial charge in [0.25, 0.3) is 0 Å². The summed E-state index contributed by atoms with van der Waals surface area (Å²) < 4.78 is 9.05. The molecule has 0 bridgehead atoms. The first-order valence-corrected chi connectivity index (χ1v) is 25.5. The normalized spacial score (nSPS) is 13.1. The van der Waals surface area contributed by atoms with E-state index in [0.29, 0.717) is 11.5 Å². The first kappa shape index (κ1) is 50.3. The number of fused-ring (bicyclic) bond motifs is 4. The number of pyridine rings is 1. The molecule has 0 saturated carbocycles. The number of anilines is 4. The second-order valence-corrected chi connectivity index (χ2v) is 22.7. The van der Waals surface area contributed by atoms with Crippen LogP contribution in [0.5, 0.6) is 11.5 Å². The fraction of sp³-hybridized carbons (Fsp3) is 0.206. The van der Waals surface area contributed by atoms with Gasteiger partial charge in [0.1, 0.15) is 5.82 Å². The van der Waals surface area contributed by atoms with E-state index >= 15 is 0 Å². The Morgan fingerprint density at radius 3 is 1.76 bits per heavy atom. The van der Waals surface area contributed by atoms with Crippen molar-refractivity contribution < 1.29 is 25.8 Å². The van der Waals surface area contributed by atoms with E-state index in [1.807, 2.05) is 18.3 Å². The molecule has 0 amide bonds. The van der Waals surface area contributed by atoms with Crippen LogP contribution in [0.25, 0.3) is 38.8 Å². The van der Waals surface area contributed by atoms with Crippen LogP contribution >= 0.6 is 0 Å². The molecule has 1 aliphatic heterocycles. The quantitative estimate of drug-likeness (QED) is 0.128. The summed E-state index contributed by atoms with van der Waals surface area (Å²) in [5.41, 5.74) is 15.3. The summed E-state index contributed by atoms with van der Waals surface area (Å²) in [6.45, 7) is 25.1. The maximum atomic E-state index is 6.83. The molecule has 2 aromatic heterocycles. The Morgan fingerprint density at radius 1 is 0.446 bits per heavy atom. The van der Waals surface area contributed by atoms with Gasteiger partial charge < -0.3 is 19.1 Å². The molecule has 0 atom stereocenters. The fourth-order valence-corrected chi connectivity index (χ4v) is 10.3. The Balaban J connectivity index is 0.00000626. The summed E-state index contributed by atoms with van der Waals surface area (Å²) in [6, 6.07) is 75.0. The van der Waals surface area contributed by atoms with Crippen molar-refractivity contribution in [1.82, 2.24) is 9.55 Å². The van der Waals surface area contributed by atoms with E-state index in [0.717, 1.165) is 55.9 Å². The van der Waals surface area contributed by atoms with Crippen molar-refractivity contribution in [2.24, 2.45) is 0 Å². The number of aromatic nitrogens is 2. The summed E-state index contributed by atoms with van der Waals surface area (Å²) >= 11 is 0. The molecular weight excluding hydrogens is 1080 g/mol. The Morgan fingerprint density at radius 2 is 1.08 bits per heavy atom. The predicted octanol–water partition coefficient (Wildman–Crippen LogP) is 17.9. The molecule has 0 unspecified atom stereocenters. The van der Waals surface area contributed by atoms with Gasteiger partial charge in [-0.25, -0.2) is 4.98 Å². The van der Waals surface area contributed by atoms with E-state index in [4.69, 9.17) is 9.72 Å². The summed E-state index contributed by atoms with van der Waals surface area (Å²) in [7, 11) is 0. The van der Waals surface area contributed by atoms with E-state index in [9.17, 15) is 0 Å². The first-order chi connectivity index (χ1) is 34.9. The Kier molecular flexibility index (Phi) is 13.1. The standard InChI is InChI=1S/C68H63N4O.Pt/c1-65(2,3)50-35-36-69-64(42-50)72-60-33-29-47(46-21-14-11-15-22-46)37-59(60)58-32-31-57(44-62(58)72)73-56-28-20-27-54(43-56)70-45-71(61-34-30-51(41-63(61)70)67(7,8)48-23-16-12-17-24-48)55-39-52(66(4,5)6)38-53(40-55)68(9,10)49-25-18-13-19-26-49;/h11-42,45H,1-10H3;/q-3;. The average molecular weight is 1150 g/mol. The largest absolute Gasteiger partial charge is 0.509 e. The fourth-order valence-electron chi connectivity index (χ4n) is 10.3. The summed E-state index contributed by atoms with van der Waals surface area (Å²) in [5, 5.41) is 2.20. The Labute approximate surface area is 452 Å². The van der Waals surface area contributed by atoms with E-state index in [2.05, 4.69) is 278 Å². The minimum Gasteiger partial charge on any atom is -0.509 e. The van der Waals surface area contributed by atoms with Crippen LogP contribution in [-0.4, -0.2) is 9.55 Å². The van der Waals surface area contributed by atoms with Gasteiger partial charge in [-0.05, 0) is 103 Å². The van der Waals surface area contributed by atoms with Crippen molar-refractivity contribution in [3.05, 3.63) is 246 Å². The van der Waals surface area contributed by atoms with Gasteiger partial charge in [0.2, 0.25) is 0 Å². The maximum absolute atomic E-state index is 6.83. The van der Waals surface area contributed by atoms with Gasteiger partial charge in [-0.1, -0.05) is 190 Å². The summed E-state index contributed by atoms with van der Waals surface area (Å²) in [4.78, 5) is 9.58. The minimum atomic E-state index is -0.257. The molecule has 0 radical (unpaired) electrons. The zero-order chi connectivity index (χ0) is 50.9. The second-order valence-electron chi connectivity index (χ2n) is 22.7. The number of ether oxygens (including phenoxy) is 1. The molecule has 10 aromatic rings. The number of hydrogen-bond donors (Lipinski definition) is 0. The van der Waals surface area contributed by atoms with Crippen molar-refractivity contribution >= 4 is 44.6 Å². The number of nitrogens with zero attached hydrogens (tertiary/aromatic N) is 4. The van der Waals surface area contributed by atoms with Gasteiger partial charge in [0.05, 0.1) is 0 Å². The molecule has 1 aliphatic rings. The summed E-state index contributed by atoms with van der Waals surface area (Å²) in [5.74, 6) is 2.02. The molecule has 8 aromatic carbocycles. The van der Waals surface area contributed by atoms with Crippen LogP contribution in [0, 0.1) is 18.8 Å². The first-order valence-electron chi connectivity index (χ1n) is 25.5. The van der Waals surface area contributed by atoms with Gasteiger partial charge in [-0.3, -0.25) is 0 Å². The monoisotopic (exact) mass is 1150 g/mol. The van der Waals surface area contributed by atoms with Crippen LogP contribution in [-0.2, 0) is 42.7 Å². The topological polar surface area (TPSA) is 33.5 Å². The maximum Gasteiger partial charge on any atom is 0.135 e. The molecular formula is C68H63N4OPt-3. The van der Waals surface area contributed by atoms with Crippen molar-refractivity contribution in [3.8, 4) is 28.4 Å².